The van der Waals surface area contributed by atoms with Gasteiger partial charge in [0, 0.05) is 17.5 Å². The molecule has 1 atom stereocenters. The molecule has 1 rings (SSSR count). The van der Waals surface area contributed by atoms with Crippen molar-refractivity contribution in [3.8, 4) is 0 Å². The van der Waals surface area contributed by atoms with E-state index in [0.29, 0.717) is 12.3 Å². The van der Waals surface area contributed by atoms with E-state index in [-0.39, 0.29) is 11.9 Å². The molecule has 1 aromatic rings. The number of thioether (sulfide) groups is 1. The Morgan fingerprint density at radius 2 is 2.06 bits per heavy atom. The van der Waals surface area contributed by atoms with E-state index in [1.165, 1.54) is 5.56 Å². The van der Waals surface area contributed by atoms with Gasteiger partial charge >= 0.3 is 0 Å². The molecule has 0 heterocycles. The Bertz CT molecular complexity index is 349. The molecule has 0 spiro atoms. The monoisotopic (exact) mass is 252 g/mol. The van der Waals surface area contributed by atoms with Crippen molar-refractivity contribution in [3.63, 3.8) is 0 Å². The van der Waals surface area contributed by atoms with Gasteiger partial charge in [-0.15, -0.1) is 11.8 Å². The summed E-state index contributed by atoms with van der Waals surface area (Å²) in [6.45, 7) is 4.65. The van der Waals surface area contributed by atoms with Gasteiger partial charge in [-0.2, -0.15) is 0 Å². The van der Waals surface area contributed by atoms with Crippen molar-refractivity contribution in [1.82, 2.24) is 5.32 Å². The number of nitrogens with one attached hydrogen (secondary N) is 1. The van der Waals surface area contributed by atoms with Crippen LogP contribution in [-0.2, 0) is 4.79 Å². The third kappa shape index (κ3) is 6.34. The predicted molar refractivity (Wildman–Crippen MR) is 73.2 cm³/mol. The maximum Gasteiger partial charge on any atom is 0.230 e. The molecule has 17 heavy (non-hydrogen) atoms. The molecule has 0 aliphatic heterocycles. The summed E-state index contributed by atoms with van der Waals surface area (Å²) < 4.78 is 0. The summed E-state index contributed by atoms with van der Waals surface area (Å²) >= 11 is 1.55. The lowest BCUT2D eigenvalue weighted by atomic mass is 10.2. The maximum atomic E-state index is 11.5. The highest BCUT2D eigenvalue weighted by atomic mass is 32.2. The van der Waals surface area contributed by atoms with Crippen LogP contribution in [-0.4, -0.2) is 24.2 Å². The molecule has 0 aliphatic carbocycles. The quantitative estimate of drug-likeness (QED) is 0.761. The highest BCUT2D eigenvalue weighted by Gasteiger charge is 2.02. The summed E-state index contributed by atoms with van der Waals surface area (Å²) in [6.07, 6.45) is 0.820. The minimum absolute atomic E-state index is 0.0659. The zero-order valence-electron chi connectivity index (χ0n) is 10.4. The molecule has 3 N–H and O–H groups in total. The molecule has 0 radical (unpaired) electrons. The van der Waals surface area contributed by atoms with Gasteiger partial charge in [-0.1, -0.05) is 17.7 Å². The van der Waals surface area contributed by atoms with Crippen molar-refractivity contribution in [3.05, 3.63) is 29.8 Å². The smallest absolute Gasteiger partial charge is 0.230 e. The highest BCUT2D eigenvalue weighted by Crippen LogP contribution is 2.17. The Morgan fingerprint density at radius 3 is 2.65 bits per heavy atom. The number of rotatable bonds is 6. The van der Waals surface area contributed by atoms with Gasteiger partial charge < -0.3 is 11.1 Å². The van der Waals surface area contributed by atoms with Gasteiger partial charge in [0.15, 0.2) is 0 Å². The van der Waals surface area contributed by atoms with Crippen molar-refractivity contribution in [2.45, 2.75) is 31.2 Å². The van der Waals surface area contributed by atoms with E-state index in [0.717, 1.165) is 11.3 Å². The Labute approximate surface area is 107 Å². The second-order valence-electron chi connectivity index (χ2n) is 4.22. The normalized spacial score (nSPS) is 12.2. The lowest BCUT2D eigenvalue weighted by Crippen LogP contribution is -2.30. The summed E-state index contributed by atoms with van der Waals surface area (Å²) in [4.78, 5) is 12.6. The van der Waals surface area contributed by atoms with E-state index in [9.17, 15) is 4.79 Å². The Morgan fingerprint density at radius 1 is 1.41 bits per heavy atom. The Hall–Kier alpha value is -1.00. The Balaban J connectivity index is 2.21. The van der Waals surface area contributed by atoms with Gasteiger partial charge in [0.1, 0.15) is 0 Å². The SMILES string of the molecule is Cc1ccc(SCC(=O)NCCC(C)N)cc1. The van der Waals surface area contributed by atoms with Gasteiger partial charge in [-0.25, -0.2) is 0 Å². The summed E-state index contributed by atoms with van der Waals surface area (Å²) in [7, 11) is 0. The average molecular weight is 252 g/mol. The van der Waals surface area contributed by atoms with Crippen LogP contribution in [0.5, 0.6) is 0 Å². The lowest BCUT2D eigenvalue weighted by molar-refractivity contribution is -0.118. The second kappa shape index (κ2) is 7.35. The zero-order chi connectivity index (χ0) is 12.7. The number of hydrogen-bond acceptors (Lipinski definition) is 3. The highest BCUT2D eigenvalue weighted by molar-refractivity contribution is 8.00. The fourth-order valence-corrected chi connectivity index (χ4v) is 2.00. The van der Waals surface area contributed by atoms with Crippen molar-refractivity contribution >= 4 is 17.7 Å². The van der Waals surface area contributed by atoms with Crippen LogP contribution in [0.2, 0.25) is 0 Å². The summed E-state index contributed by atoms with van der Waals surface area (Å²) in [5, 5.41) is 2.86. The lowest BCUT2D eigenvalue weighted by Gasteiger charge is -2.07. The number of carbonyl (C=O) groups excluding carboxylic acids is 1. The third-order valence-corrected chi connectivity index (χ3v) is 3.32. The number of amides is 1. The summed E-state index contributed by atoms with van der Waals surface area (Å²) in [5.74, 6) is 0.526. The van der Waals surface area contributed by atoms with Crippen molar-refractivity contribution in [2.75, 3.05) is 12.3 Å². The third-order valence-electron chi connectivity index (χ3n) is 2.31. The Kier molecular flexibility index (Phi) is 6.08. The van der Waals surface area contributed by atoms with E-state index < -0.39 is 0 Å². The molecule has 0 aliphatic rings. The minimum Gasteiger partial charge on any atom is -0.355 e. The fraction of sp³-hybridized carbons (Fsp3) is 0.462. The van der Waals surface area contributed by atoms with Crippen LogP contribution in [0.15, 0.2) is 29.2 Å². The van der Waals surface area contributed by atoms with Crippen LogP contribution in [0, 0.1) is 6.92 Å². The standard InChI is InChI=1S/C13H20N2OS/c1-10-3-5-12(6-4-10)17-9-13(16)15-8-7-11(2)14/h3-6,11H,7-9,14H2,1-2H3,(H,15,16). The molecule has 0 saturated heterocycles. The molecule has 1 aromatic carbocycles. The van der Waals surface area contributed by atoms with Crippen LogP contribution < -0.4 is 11.1 Å². The van der Waals surface area contributed by atoms with Crippen LogP contribution in [0.3, 0.4) is 0 Å². The van der Waals surface area contributed by atoms with E-state index in [1.807, 2.05) is 19.1 Å². The molecule has 3 nitrogen and oxygen atoms in total. The number of hydrogen-bond donors (Lipinski definition) is 2. The molecule has 0 saturated carbocycles. The van der Waals surface area contributed by atoms with Crippen LogP contribution >= 0.6 is 11.8 Å². The molecule has 0 fully saturated rings. The molecule has 1 unspecified atom stereocenters. The van der Waals surface area contributed by atoms with E-state index >= 15 is 0 Å². The molecule has 1 amide bonds. The minimum atomic E-state index is 0.0659. The second-order valence-corrected chi connectivity index (χ2v) is 5.27. The van der Waals surface area contributed by atoms with Crippen molar-refractivity contribution in [1.29, 1.82) is 0 Å². The van der Waals surface area contributed by atoms with E-state index in [2.05, 4.69) is 24.4 Å². The van der Waals surface area contributed by atoms with Crippen LogP contribution in [0.25, 0.3) is 0 Å². The van der Waals surface area contributed by atoms with Gasteiger partial charge in [-0.3, -0.25) is 4.79 Å². The first-order valence-electron chi connectivity index (χ1n) is 5.79. The molecule has 0 aromatic heterocycles. The zero-order valence-corrected chi connectivity index (χ0v) is 11.2. The molecule has 4 heteroatoms. The summed E-state index contributed by atoms with van der Waals surface area (Å²) in [6, 6.07) is 8.32. The first-order chi connectivity index (χ1) is 8.08. The number of aryl methyl sites for hydroxylation is 1. The maximum absolute atomic E-state index is 11.5. The van der Waals surface area contributed by atoms with Gasteiger partial charge in [0.2, 0.25) is 5.91 Å². The number of carbonyl (C=O) groups is 1. The largest absolute Gasteiger partial charge is 0.355 e. The van der Waals surface area contributed by atoms with Gasteiger partial charge in [-0.05, 0) is 32.4 Å². The fourth-order valence-electron chi connectivity index (χ4n) is 1.27. The molecule has 94 valence electrons. The first-order valence-corrected chi connectivity index (χ1v) is 6.78. The summed E-state index contributed by atoms with van der Waals surface area (Å²) in [5.41, 5.74) is 6.83. The molecule has 0 bridgehead atoms. The molecular weight excluding hydrogens is 232 g/mol. The topological polar surface area (TPSA) is 55.1 Å². The first kappa shape index (κ1) is 14.1. The number of benzene rings is 1. The predicted octanol–water partition coefficient (Wildman–Crippen LogP) is 1.94. The van der Waals surface area contributed by atoms with E-state index in [1.54, 1.807) is 11.8 Å². The van der Waals surface area contributed by atoms with Crippen molar-refractivity contribution in [2.24, 2.45) is 5.73 Å². The van der Waals surface area contributed by atoms with Crippen LogP contribution in [0.4, 0.5) is 0 Å². The van der Waals surface area contributed by atoms with Crippen molar-refractivity contribution < 1.29 is 4.79 Å². The van der Waals surface area contributed by atoms with Crippen LogP contribution in [0.1, 0.15) is 18.9 Å². The van der Waals surface area contributed by atoms with E-state index in [4.69, 9.17) is 5.73 Å². The number of nitrogens with two attached hydrogens (primary N) is 1. The average Bonchev–Trinajstić information content (AvgIpc) is 2.28. The van der Waals surface area contributed by atoms with Gasteiger partial charge in [0.05, 0.1) is 5.75 Å². The molecular formula is C13H20N2OS. The van der Waals surface area contributed by atoms with Gasteiger partial charge in [0.25, 0.3) is 0 Å².